The van der Waals surface area contributed by atoms with Gasteiger partial charge in [-0.1, -0.05) is 13.8 Å². The van der Waals surface area contributed by atoms with Gasteiger partial charge in [-0.15, -0.1) is 0 Å². The zero-order valence-corrected chi connectivity index (χ0v) is 20.3. The van der Waals surface area contributed by atoms with E-state index in [1.807, 2.05) is 13.8 Å². The van der Waals surface area contributed by atoms with Gasteiger partial charge in [-0.25, -0.2) is 4.79 Å². The molecule has 2 atom stereocenters. The molecule has 2 amide bonds. The summed E-state index contributed by atoms with van der Waals surface area (Å²) in [4.78, 5) is 27.4. The largest absolute Gasteiger partial charge is 0.465 e. The fourth-order valence-electron chi connectivity index (χ4n) is 4.80. The minimum atomic E-state index is -5.03. The van der Waals surface area contributed by atoms with Crippen molar-refractivity contribution >= 4 is 23.4 Å². The van der Waals surface area contributed by atoms with Crippen LogP contribution in [0.2, 0.25) is 0 Å². The van der Waals surface area contributed by atoms with E-state index in [-0.39, 0.29) is 35.3 Å². The van der Waals surface area contributed by atoms with E-state index in [2.05, 4.69) is 0 Å². The van der Waals surface area contributed by atoms with Crippen LogP contribution in [0.5, 0.6) is 0 Å². The average Bonchev–Trinajstić information content (AvgIpc) is 2.92. The maximum absolute atomic E-state index is 13.4. The Kier molecular flexibility index (Phi) is 7.71. The van der Waals surface area contributed by atoms with Crippen molar-refractivity contribution in [3.8, 4) is 0 Å². The Morgan fingerprint density at radius 3 is 2.05 bits per heavy atom. The van der Waals surface area contributed by atoms with Crippen LogP contribution in [0.1, 0.15) is 61.9 Å². The van der Waals surface area contributed by atoms with Crippen LogP contribution < -0.4 is 10.6 Å². The number of nitrogens with zero attached hydrogens (tertiary/aromatic N) is 2. The number of anilines is 2. The van der Waals surface area contributed by atoms with Crippen LogP contribution in [0.3, 0.4) is 0 Å². The van der Waals surface area contributed by atoms with Crippen molar-refractivity contribution in [1.82, 2.24) is 4.90 Å². The fraction of sp³-hybridized carbons (Fsp3) is 0.440. The topological polar surface area (TPSA) is 86.9 Å². The molecule has 0 spiro atoms. The lowest BCUT2D eigenvalue weighted by Crippen LogP contribution is -2.42. The lowest BCUT2D eigenvalue weighted by molar-refractivity contribution is -0.143. The van der Waals surface area contributed by atoms with Crippen LogP contribution in [-0.2, 0) is 23.7 Å². The molecule has 3 rings (SSSR count). The van der Waals surface area contributed by atoms with E-state index >= 15 is 0 Å². The summed E-state index contributed by atoms with van der Waals surface area (Å²) in [6.07, 6.45) is -10.8. The normalized spacial score (nSPS) is 18.4. The van der Waals surface area contributed by atoms with Gasteiger partial charge in [0.15, 0.2) is 0 Å². The number of benzene rings is 2. The Balaban J connectivity index is 2.15. The van der Waals surface area contributed by atoms with Crippen LogP contribution in [0, 0.1) is 5.92 Å². The molecule has 0 aromatic heterocycles. The lowest BCUT2D eigenvalue weighted by Gasteiger charge is -2.33. The second-order valence-electron chi connectivity index (χ2n) is 9.44. The molecular weight excluding hydrogens is 504 g/mol. The number of carbonyl (C=O) groups is 2. The smallest absolute Gasteiger partial charge is 0.416 e. The number of carbonyl (C=O) groups excluding carboxylic acids is 1. The highest BCUT2D eigenvalue weighted by molar-refractivity contribution is 5.89. The van der Waals surface area contributed by atoms with Crippen molar-refractivity contribution in [2.75, 3.05) is 10.6 Å². The Hall–Kier alpha value is -3.44. The van der Waals surface area contributed by atoms with Gasteiger partial charge >= 0.3 is 18.4 Å². The third kappa shape index (κ3) is 6.11. The van der Waals surface area contributed by atoms with Gasteiger partial charge in [-0.05, 0) is 60.7 Å². The molecule has 0 fully saturated rings. The molecule has 1 heterocycles. The standard InChI is InChI=1S/C25H27F6N3O3/c1-13(2)20-6-7-21(19-11-18(32)4-5-22(19)34(20)23(36)37)33(14(3)35)12-15-8-16(24(26,27)28)10-17(9-15)25(29,30)31/h4-5,8-11,13,20-21H,6-7,12,32H2,1-3H3,(H,36,37). The van der Waals surface area contributed by atoms with Crippen molar-refractivity contribution in [2.45, 2.75) is 64.6 Å². The van der Waals surface area contributed by atoms with Gasteiger partial charge in [-0.2, -0.15) is 26.3 Å². The first-order valence-electron chi connectivity index (χ1n) is 11.5. The summed E-state index contributed by atoms with van der Waals surface area (Å²) in [5.41, 5.74) is 3.50. The van der Waals surface area contributed by atoms with E-state index in [1.54, 1.807) is 0 Å². The summed E-state index contributed by atoms with van der Waals surface area (Å²) in [6.45, 7) is 4.27. The van der Waals surface area contributed by atoms with Crippen molar-refractivity contribution in [3.05, 3.63) is 58.7 Å². The van der Waals surface area contributed by atoms with E-state index < -0.39 is 54.1 Å². The SMILES string of the molecule is CC(=O)N(Cc1cc(C(F)(F)F)cc(C(F)(F)F)c1)C1CCC(C(C)C)N(C(=O)O)c2ccc(N)cc21. The molecule has 2 aromatic carbocycles. The van der Waals surface area contributed by atoms with Gasteiger partial charge in [-0.3, -0.25) is 9.69 Å². The zero-order chi connectivity index (χ0) is 27.9. The number of halogens is 6. The minimum absolute atomic E-state index is 0.0290. The first-order valence-corrected chi connectivity index (χ1v) is 11.5. The highest BCUT2D eigenvalue weighted by Crippen LogP contribution is 2.43. The summed E-state index contributed by atoms with van der Waals surface area (Å²) in [5, 5.41) is 9.98. The summed E-state index contributed by atoms with van der Waals surface area (Å²) >= 11 is 0. The predicted octanol–water partition coefficient (Wildman–Crippen LogP) is 6.70. The van der Waals surface area contributed by atoms with Crippen molar-refractivity contribution < 1.29 is 41.0 Å². The number of fused-ring (bicyclic) bond motifs is 1. The van der Waals surface area contributed by atoms with Crippen LogP contribution in [0.25, 0.3) is 0 Å². The maximum atomic E-state index is 13.4. The molecule has 0 saturated heterocycles. The number of nitrogen functional groups attached to an aromatic ring is 1. The van der Waals surface area contributed by atoms with Gasteiger partial charge in [0.1, 0.15) is 0 Å². The van der Waals surface area contributed by atoms with Crippen molar-refractivity contribution in [1.29, 1.82) is 0 Å². The second-order valence-corrected chi connectivity index (χ2v) is 9.44. The summed E-state index contributed by atoms with van der Waals surface area (Å²) in [7, 11) is 0. The first kappa shape index (κ1) is 28.1. The van der Waals surface area contributed by atoms with E-state index in [1.165, 1.54) is 23.1 Å². The molecular formula is C25H27F6N3O3. The molecule has 0 radical (unpaired) electrons. The van der Waals surface area contributed by atoms with Gasteiger partial charge in [0.05, 0.1) is 22.9 Å². The Morgan fingerprint density at radius 2 is 1.59 bits per heavy atom. The highest BCUT2D eigenvalue weighted by Gasteiger charge is 2.39. The second kappa shape index (κ2) is 10.1. The molecule has 37 heavy (non-hydrogen) atoms. The summed E-state index contributed by atoms with van der Waals surface area (Å²) < 4.78 is 80.4. The van der Waals surface area contributed by atoms with E-state index in [4.69, 9.17) is 5.73 Å². The number of hydrogen-bond donors (Lipinski definition) is 2. The zero-order valence-electron chi connectivity index (χ0n) is 20.3. The lowest BCUT2D eigenvalue weighted by atomic mass is 9.94. The molecule has 6 nitrogen and oxygen atoms in total. The summed E-state index contributed by atoms with van der Waals surface area (Å²) in [5.74, 6) is -0.724. The fourth-order valence-corrected chi connectivity index (χ4v) is 4.80. The summed E-state index contributed by atoms with van der Waals surface area (Å²) in [6, 6.07) is 4.36. The molecule has 1 aliphatic heterocycles. The van der Waals surface area contributed by atoms with Crippen molar-refractivity contribution in [3.63, 3.8) is 0 Å². The quantitative estimate of drug-likeness (QED) is 0.340. The Morgan fingerprint density at radius 1 is 1.03 bits per heavy atom. The number of hydrogen-bond acceptors (Lipinski definition) is 3. The molecule has 12 heteroatoms. The van der Waals surface area contributed by atoms with Gasteiger partial charge in [0, 0.05) is 30.8 Å². The molecule has 2 unspecified atom stereocenters. The van der Waals surface area contributed by atoms with Gasteiger partial charge < -0.3 is 15.7 Å². The number of amides is 2. The predicted molar refractivity (Wildman–Crippen MR) is 125 cm³/mol. The van der Waals surface area contributed by atoms with Gasteiger partial charge in [0.25, 0.3) is 0 Å². The van der Waals surface area contributed by atoms with Gasteiger partial charge in [0.2, 0.25) is 5.91 Å². The molecule has 0 bridgehead atoms. The number of carboxylic acid groups (broad SMARTS) is 1. The van der Waals surface area contributed by atoms with Crippen LogP contribution in [0.4, 0.5) is 42.5 Å². The number of rotatable bonds is 4. The molecule has 3 N–H and O–H groups in total. The first-order chi connectivity index (χ1) is 17.0. The minimum Gasteiger partial charge on any atom is -0.465 e. The molecule has 0 saturated carbocycles. The maximum Gasteiger partial charge on any atom is 0.416 e. The highest BCUT2D eigenvalue weighted by atomic mass is 19.4. The van der Waals surface area contributed by atoms with Crippen LogP contribution in [0.15, 0.2) is 36.4 Å². The van der Waals surface area contributed by atoms with E-state index in [0.717, 1.165) is 11.8 Å². The van der Waals surface area contributed by atoms with Crippen molar-refractivity contribution in [2.24, 2.45) is 5.92 Å². The third-order valence-electron chi connectivity index (χ3n) is 6.49. The van der Waals surface area contributed by atoms with E-state index in [9.17, 15) is 41.0 Å². The third-order valence-corrected chi connectivity index (χ3v) is 6.49. The molecule has 1 aliphatic rings. The Labute approximate surface area is 209 Å². The van der Waals surface area contributed by atoms with Crippen LogP contribution >= 0.6 is 0 Å². The Bertz CT molecular complexity index is 1150. The molecule has 202 valence electrons. The average molecular weight is 531 g/mol. The molecule has 0 aliphatic carbocycles. The monoisotopic (exact) mass is 531 g/mol. The number of nitrogens with two attached hydrogens (primary N) is 1. The van der Waals surface area contributed by atoms with Crippen LogP contribution in [-0.4, -0.2) is 28.0 Å². The molecule has 2 aromatic rings. The number of alkyl halides is 6. The van der Waals surface area contributed by atoms with E-state index in [0.29, 0.717) is 24.1 Å².